The molecule has 282 valence electrons. The number of ketones is 3. The third-order valence-electron chi connectivity index (χ3n) is 8.69. The molecule has 0 aliphatic rings. The van der Waals surface area contributed by atoms with E-state index < -0.39 is 17.3 Å². The second-order valence-electron chi connectivity index (χ2n) is 11.2. The molecule has 0 N–H and O–H groups in total. The molecule has 0 saturated heterocycles. The number of carbonyl (C=O) groups excluding carboxylic acids is 3. The van der Waals surface area contributed by atoms with Crippen molar-refractivity contribution in [2.45, 2.75) is 0 Å². The van der Waals surface area contributed by atoms with Gasteiger partial charge in [-0.2, -0.15) is 0 Å². The number of benzene rings is 4. The van der Waals surface area contributed by atoms with Crippen molar-refractivity contribution in [2.75, 3.05) is 64.0 Å². The Morgan fingerprint density at radius 1 is 0.370 bits per heavy atom. The van der Waals surface area contributed by atoms with E-state index in [2.05, 4.69) is 19.7 Å². The maximum Gasteiger partial charge on any atom is 0.203 e. The quantitative estimate of drug-likeness (QED) is 0.0943. The smallest absolute Gasteiger partial charge is 0.203 e. The normalized spacial score (nSPS) is 10.4. The van der Waals surface area contributed by atoms with Crippen LogP contribution in [0.25, 0.3) is 18.2 Å². The molecule has 4 aromatic rings. The van der Waals surface area contributed by atoms with Gasteiger partial charge in [0.25, 0.3) is 0 Å². The van der Waals surface area contributed by atoms with Gasteiger partial charge in [-0.15, -0.1) is 0 Å². The van der Waals surface area contributed by atoms with Crippen LogP contribution in [-0.4, -0.2) is 81.3 Å². The molecule has 0 saturated carbocycles. The summed E-state index contributed by atoms with van der Waals surface area (Å²) >= 11 is 0. The van der Waals surface area contributed by atoms with Gasteiger partial charge in [-0.05, 0) is 53.1 Å². The van der Waals surface area contributed by atoms with Crippen LogP contribution in [0.3, 0.4) is 0 Å². The Morgan fingerprint density at radius 3 is 0.815 bits per heavy atom. The molecule has 0 aliphatic carbocycles. The molecule has 12 nitrogen and oxygen atoms in total. The molecule has 4 rings (SSSR count). The highest BCUT2D eigenvalue weighted by Crippen LogP contribution is 2.44. The monoisotopic (exact) mass is 738 g/mol. The van der Waals surface area contributed by atoms with Gasteiger partial charge in [0.1, 0.15) is 0 Å². The standard InChI is InChI=1S/C42H42O12/c1-13-25-26(14-2)35(38(44)23-18-30(48-6)41(53-11)31(19-23)49-7)36(39(45)24-20-32(50-8)42(54-12)33(21-24)51-9)27(15-3)34(25)37(43)22-16-28(46-4)40(52-10)29(17-22)47-5/h13-21H,1-3H2,4-12H3. The van der Waals surface area contributed by atoms with Crippen LogP contribution in [0, 0.1) is 0 Å². The van der Waals surface area contributed by atoms with Crippen molar-refractivity contribution in [1.29, 1.82) is 0 Å². The van der Waals surface area contributed by atoms with Gasteiger partial charge in [0.05, 0.1) is 64.0 Å². The van der Waals surface area contributed by atoms with Crippen molar-refractivity contribution in [3.8, 4) is 51.7 Å². The van der Waals surface area contributed by atoms with Crippen LogP contribution in [0.2, 0.25) is 0 Å². The number of rotatable bonds is 18. The van der Waals surface area contributed by atoms with Gasteiger partial charge in [-0.1, -0.05) is 38.0 Å². The van der Waals surface area contributed by atoms with E-state index in [4.69, 9.17) is 42.6 Å². The topological polar surface area (TPSA) is 134 Å². The van der Waals surface area contributed by atoms with Crippen molar-refractivity contribution in [2.24, 2.45) is 0 Å². The molecule has 0 atom stereocenters. The fourth-order valence-corrected chi connectivity index (χ4v) is 6.22. The van der Waals surface area contributed by atoms with E-state index in [9.17, 15) is 9.59 Å². The summed E-state index contributed by atoms with van der Waals surface area (Å²) in [7, 11) is 12.8. The molecule has 12 heteroatoms. The molecule has 0 aliphatic heterocycles. The van der Waals surface area contributed by atoms with Crippen LogP contribution in [-0.2, 0) is 0 Å². The summed E-state index contributed by atoms with van der Waals surface area (Å²) in [6.45, 7) is 12.0. The lowest BCUT2D eigenvalue weighted by Gasteiger charge is -2.23. The first-order valence-electron chi connectivity index (χ1n) is 16.2. The Hall–Kier alpha value is -6.69. The summed E-state index contributed by atoms with van der Waals surface area (Å²) in [5.74, 6) is 0.0284. The summed E-state index contributed by atoms with van der Waals surface area (Å²) in [5, 5.41) is 0. The molecule has 0 unspecified atom stereocenters. The number of hydrogen-bond acceptors (Lipinski definition) is 12. The molecule has 4 aromatic carbocycles. The number of carbonyl (C=O) groups is 3. The average Bonchev–Trinajstić information content (AvgIpc) is 3.22. The molecule has 0 bridgehead atoms. The summed E-state index contributed by atoms with van der Waals surface area (Å²) in [4.78, 5) is 44.9. The minimum absolute atomic E-state index is 0.00130. The van der Waals surface area contributed by atoms with Crippen LogP contribution in [0.15, 0.2) is 56.1 Å². The number of ether oxygens (including phenoxy) is 9. The Bertz CT molecular complexity index is 2090. The maximum atomic E-state index is 15.1. The summed E-state index contributed by atoms with van der Waals surface area (Å²) in [5.41, 5.74) is 0.320. The first kappa shape index (κ1) is 40.1. The zero-order chi connectivity index (χ0) is 39.9. The lowest BCUT2D eigenvalue weighted by Crippen LogP contribution is -2.20. The zero-order valence-corrected chi connectivity index (χ0v) is 31.7. The van der Waals surface area contributed by atoms with Crippen LogP contribution in [0.1, 0.15) is 64.5 Å². The van der Waals surface area contributed by atoms with Crippen LogP contribution >= 0.6 is 0 Å². The van der Waals surface area contributed by atoms with E-state index in [1.165, 1.54) is 119 Å². The maximum absolute atomic E-state index is 15.1. The van der Waals surface area contributed by atoms with Gasteiger partial charge in [-0.3, -0.25) is 14.4 Å². The second kappa shape index (κ2) is 17.2. The van der Waals surface area contributed by atoms with E-state index in [1.54, 1.807) is 0 Å². The number of methoxy groups -OCH3 is 9. The molecular formula is C42H42O12. The van der Waals surface area contributed by atoms with Crippen molar-refractivity contribution in [3.63, 3.8) is 0 Å². The van der Waals surface area contributed by atoms with Gasteiger partial charge >= 0.3 is 0 Å². The molecule has 0 spiro atoms. The van der Waals surface area contributed by atoms with E-state index in [0.29, 0.717) is 0 Å². The van der Waals surface area contributed by atoms with Gasteiger partial charge in [-0.25, -0.2) is 0 Å². The SMILES string of the molecule is C=Cc1c(C=C)c(C(=O)c2cc(OC)c(OC)c(OC)c2)c(C(=O)c2cc(OC)c(OC)c(OC)c2)c(C=C)c1C(=O)c1cc(OC)c(OC)c(OC)c1. The predicted molar refractivity (Wildman–Crippen MR) is 205 cm³/mol. The molecule has 0 radical (unpaired) electrons. The first-order chi connectivity index (χ1) is 26.0. The second-order valence-corrected chi connectivity index (χ2v) is 11.2. The van der Waals surface area contributed by atoms with Crippen molar-refractivity contribution in [3.05, 3.63) is 106 Å². The summed E-state index contributed by atoms with van der Waals surface area (Å²) < 4.78 is 49.6. The van der Waals surface area contributed by atoms with Gasteiger partial charge < -0.3 is 42.6 Å². The zero-order valence-electron chi connectivity index (χ0n) is 31.7. The summed E-state index contributed by atoms with van der Waals surface area (Å²) in [6.07, 6.45) is 4.13. The van der Waals surface area contributed by atoms with Crippen LogP contribution < -0.4 is 42.6 Å². The predicted octanol–water partition coefficient (Wildman–Crippen LogP) is 7.39. The van der Waals surface area contributed by atoms with E-state index in [1.807, 2.05) is 0 Å². The summed E-state index contributed by atoms with van der Waals surface area (Å²) in [6, 6.07) is 8.76. The molecule has 0 amide bonds. The van der Waals surface area contributed by atoms with Gasteiger partial charge in [0.15, 0.2) is 51.8 Å². The molecule has 0 heterocycles. The number of hydrogen-bond donors (Lipinski definition) is 0. The Morgan fingerprint density at radius 2 is 0.593 bits per heavy atom. The third kappa shape index (κ3) is 6.93. The van der Waals surface area contributed by atoms with Crippen molar-refractivity contribution in [1.82, 2.24) is 0 Å². The van der Waals surface area contributed by atoms with Crippen molar-refractivity contribution < 1.29 is 57.0 Å². The highest BCUT2D eigenvalue weighted by molar-refractivity contribution is 6.26. The van der Waals surface area contributed by atoms with Crippen molar-refractivity contribution >= 4 is 35.6 Å². The van der Waals surface area contributed by atoms with Crippen LogP contribution in [0.4, 0.5) is 0 Å². The molecule has 54 heavy (non-hydrogen) atoms. The third-order valence-corrected chi connectivity index (χ3v) is 8.69. The van der Waals surface area contributed by atoms with Crippen LogP contribution in [0.5, 0.6) is 51.7 Å². The van der Waals surface area contributed by atoms with Gasteiger partial charge in [0.2, 0.25) is 17.2 Å². The largest absolute Gasteiger partial charge is 0.493 e. The minimum atomic E-state index is -0.683. The Labute approximate surface area is 314 Å². The Balaban J connectivity index is 2.24. The van der Waals surface area contributed by atoms with E-state index >= 15 is 4.79 Å². The van der Waals surface area contributed by atoms with E-state index in [-0.39, 0.29) is 102 Å². The molecule has 0 aromatic heterocycles. The first-order valence-corrected chi connectivity index (χ1v) is 16.2. The fourth-order valence-electron chi connectivity index (χ4n) is 6.22. The Kier molecular flexibility index (Phi) is 12.8. The lowest BCUT2D eigenvalue weighted by molar-refractivity contribution is 0.100. The van der Waals surface area contributed by atoms with Gasteiger partial charge in [0, 0.05) is 33.4 Å². The molecule has 0 fully saturated rings. The average molecular weight is 739 g/mol. The fraction of sp³-hybridized carbons (Fsp3) is 0.214. The molecular weight excluding hydrogens is 696 g/mol. The highest BCUT2D eigenvalue weighted by atomic mass is 16.5. The van der Waals surface area contributed by atoms with E-state index in [0.717, 1.165) is 0 Å². The minimum Gasteiger partial charge on any atom is -0.493 e. The highest BCUT2D eigenvalue weighted by Gasteiger charge is 2.34. The lowest BCUT2D eigenvalue weighted by atomic mass is 9.78.